The van der Waals surface area contributed by atoms with Crippen LogP contribution in [-0.2, 0) is 34.7 Å². The minimum absolute atomic E-state index is 0. The van der Waals surface area contributed by atoms with Crippen LogP contribution in [0.5, 0.6) is 0 Å². The first-order chi connectivity index (χ1) is 3.73. The predicted octanol–water partition coefficient (Wildman–Crippen LogP) is -2.97. The van der Waals surface area contributed by atoms with Crippen LogP contribution in [0, 0.1) is 0 Å². The largest absolute Gasteiger partial charge is 2.00 e. The smallest absolute Gasteiger partial charge is 0.759 e. The van der Waals surface area contributed by atoms with Gasteiger partial charge in [0.25, 0.3) is 0 Å². The summed E-state index contributed by atoms with van der Waals surface area (Å²) in [5.41, 5.74) is 0. The summed E-state index contributed by atoms with van der Waals surface area (Å²) >= 11 is 0. The zero-order valence-electron chi connectivity index (χ0n) is 5.77. The number of hydrogen-bond acceptors (Lipinski definition) is 6. The number of carboxylic acid groups (broad SMARTS) is 1. The third-order valence-corrected chi connectivity index (χ3v) is 0. The van der Waals surface area contributed by atoms with E-state index in [1.807, 2.05) is 0 Å². The molecule has 6 nitrogen and oxygen atoms in total. The summed E-state index contributed by atoms with van der Waals surface area (Å²) in [7, 11) is -5.17. The van der Waals surface area contributed by atoms with Crippen LogP contribution >= 0.6 is 0 Å². The van der Waals surface area contributed by atoms with E-state index >= 15 is 0 Å². The van der Waals surface area contributed by atoms with Gasteiger partial charge in [-0.2, -0.15) is 0 Å². The summed E-state index contributed by atoms with van der Waals surface area (Å²) in [5.74, 6) is -1.08. The van der Waals surface area contributed by atoms with Gasteiger partial charge in [-0.05, 0) is 6.92 Å². The van der Waals surface area contributed by atoms with Crippen LogP contribution in [0.2, 0.25) is 0 Å². The second-order valence-electron chi connectivity index (χ2n) is 0.900. The summed E-state index contributed by atoms with van der Waals surface area (Å²) in [4.78, 5) is 8.89. The molecule has 0 aliphatic carbocycles. The van der Waals surface area contributed by atoms with Gasteiger partial charge in [0.05, 0.1) is 0 Å². The van der Waals surface area contributed by atoms with E-state index in [0.717, 1.165) is 6.92 Å². The molecule has 56 valence electrons. The van der Waals surface area contributed by atoms with Crippen LogP contribution in [0.15, 0.2) is 0 Å². The first kappa shape index (κ1) is 22.6. The molecule has 0 fully saturated rings. The fourth-order valence-electron chi connectivity index (χ4n) is 0. The molecular formula is C2H3MgO6SZn+. The molecule has 9 heteroatoms. The second-order valence-corrected chi connectivity index (χ2v) is 1.72. The molecule has 0 saturated heterocycles. The van der Waals surface area contributed by atoms with Gasteiger partial charge in [0.15, 0.2) is 0 Å². The quantitative estimate of drug-likeness (QED) is 0.255. The Bertz CT molecular complexity index is 163. The molecule has 0 bridgehead atoms. The monoisotopic (exact) mass is 243 g/mol. The number of carbonyl (C=O) groups is 1. The Morgan fingerprint density at radius 1 is 1.27 bits per heavy atom. The van der Waals surface area contributed by atoms with Crippen LogP contribution < -0.4 is 5.11 Å². The molecule has 0 aromatic carbocycles. The first-order valence-electron chi connectivity index (χ1n) is 1.57. The van der Waals surface area contributed by atoms with Gasteiger partial charge >= 0.3 is 42.5 Å². The summed E-state index contributed by atoms with van der Waals surface area (Å²) in [5, 5.41) is 8.89. The maximum atomic E-state index is 8.89. The minimum Gasteiger partial charge on any atom is -0.759 e. The van der Waals surface area contributed by atoms with Crippen LogP contribution in [0.3, 0.4) is 0 Å². The van der Waals surface area contributed by atoms with Crippen molar-refractivity contribution in [3.05, 3.63) is 0 Å². The van der Waals surface area contributed by atoms with Crippen molar-refractivity contribution in [2.75, 3.05) is 0 Å². The van der Waals surface area contributed by atoms with E-state index in [1.54, 1.807) is 0 Å². The molecule has 0 spiro atoms. The third kappa shape index (κ3) is 1540. The molecular weight excluding hydrogens is 242 g/mol. The van der Waals surface area contributed by atoms with Crippen molar-refractivity contribution in [2.45, 2.75) is 6.92 Å². The predicted molar refractivity (Wildman–Crippen MR) is 26.9 cm³/mol. The SMILES string of the molecule is CC(=O)[O-].O=S(=O)([O-])[O-].[Mg+2].[Zn+2]. The third-order valence-electron chi connectivity index (χ3n) is 0. The fraction of sp³-hybridized carbons (Fsp3) is 0.500. The molecule has 0 radical (unpaired) electrons. The van der Waals surface area contributed by atoms with E-state index in [1.165, 1.54) is 0 Å². The van der Waals surface area contributed by atoms with Gasteiger partial charge in [0.2, 0.25) is 0 Å². The van der Waals surface area contributed by atoms with E-state index in [9.17, 15) is 0 Å². The van der Waals surface area contributed by atoms with E-state index in [-0.39, 0.29) is 42.5 Å². The minimum atomic E-state index is -5.17. The van der Waals surface area contributed by atoms with Gasteiger partial charge in [0, 0.05) is 16.4 Å². The Morgan fingerprint density at radius 2 is 1.27 bits per heavy atom. The summed E-state index contributed by atoms with van der Waals surface area (Å²) in [6.45, 7) is 0.972. The van der Waals surface area contributed by atoms with Gasteiger partial charge in [-0.1, -0.05) is 0 Å². The Labute approximate surface area is 92.9 Å². The van der Waals surface area contributed by atoms with Crippen molar-refractivity contribution in [3.8, 4) is 0 Å². The van der Waals surface area contributed by atoms with Crippen molar-refractivity contribution in [1.82, 2.24) is 0 Å². The average Bonchev–Trinajstić information content (AvgIpc) is 1.19. The van der Waals surface area contributed by atoms with Crippen LogP contribution in [0.1, 0.15) is 6.92 Å². The maximum Gasteiger partial charge on any atom is 2.00 e. The average molecular weight is 245 g/mol. The van der Waals surface area contributed by atoms with Gasteiger partial charge in [-0.25, -0.2) is 0 Å². The van der Waals surface area contributed by atoms with Crippen LogP contribution in [0.4, 0.5) is 0 Å². The molecule has 0 aromatic rings. The first-order valence-corrected chi connectivity index (χ1v) is 2.91. The van der Waals surface area contributed by atoms with Gasteiger partial charge in [0.1, 0.15) is 0 Å². The Morgan fingerprint density at radius 3 is 1.27 bits per heavy atom. The van der Waals surface area contributed by atoms with E-state index in [0.29, 0.717) is 0 Å². The van der Waals surface area contributed by atoms with Crippen LogP contribution in [-0.4, -0.2) is 46.5 Å². The summed E-state index contributed by atoms with van der Waals surface area (Å²) in [6.07, 6.45) is 0. The van der Waals surface area contributed by atoms with Crippen molar-refractivity contribution in [1.29, 1.82) is 0 Å². The number of hydrogen-bond donors (Lipinski definition) is 0. The van der Waals surface area contributed by atoms with Crippen molar-refractivity contribution >= 4 is 39.4 Å². The molecule has 0 aliphatic rings. The molecule has 11 heavy (non-hydrogen) atoms. The Hall–Kier alpha value is 0.730. The normalized spacial score (nSPS) is 7.55. The standard InChI is InChI=1S/C2H4O2.Mg.H2O4S.Zn/c1-2(3)4;;1-5(2,3)4;/h1H3,(H,3,4);;(H2,1,2,3,4);/q;+2;;+2/p-3. The molecule has 0 aliphatic heterocycles. The summed E-state index contributed by atoms with van der Waals surface area (Å²) < 4.78 is 34.1. The maximum absolute atomic E-state index is 8.89. The Kier molecular flexibility index (Phi) is 22.0. The molecule has 0 unspecified atom stereocenters. The Balaban J connectivity index is -0.0000000383. The molecule has 0 aromatic heterocycles. The number of rotatable bonds is 0. The zero-order valence-corrected chi connectivity index (χ0v) is 11.0. The van der Waals surface area contributed by atoms with E-state index in [2.05, 4.69) is 0 Å². The van der Waals surface area contributed by atoms with Gasteiger partial charge < -0.3 is 19.0 Å². The molecule has 0 rings (SSSR count). The van der Waals surface area contributed by atoms with Crippen LogP contribution in [0.25, 0.3) is 0 Å². The molecule has 0 heterocycles. The zero-order chi connectivity index (χ0) is 8.08. The molecule has 0 saturated carbocycles. The van der Waals surface area contributed by atoms with Crippen molar-refractivity contribution in [2.24, 2.45) is 0 Å². The van der Waals surface area contributed by atoms with E-state index < -0.39 is 16.4 Å². The van der Waals surface area contributed by atoms with E-state index in [4.69, 9.17) is 27.4 Å². The number of carbonyl (C=O) groups excluding carboxylic acids is 1. The second kappa shape index (κ2) is 10.7. The topological polar surface area (TPSA) is 120 Å². The number of carboxylic acids is 1. The fourth-order valence-corrected chi connectivity index (χ4v) is 0. The molecule has 0 amide bonds. The molecule has 0 atom stereocenters. The molecule has 0 N–H and O–H groups in total. The summed E-state index contributed by atoms with van der Waals surface area (Å²) in [6, 6.07) is 0. The van der Waals surface area contributed by atoms with Gasteiger partial charge in [-0.15, -0.1) is 0 Å². The van der Waals surface area contributed by atoms with Crippen molar-refractivity contribution < 1.29 is 46.9 Å². The van der Waals surface area contributed by atoms with Gasteiger partial charge in [-0.3, -0.25) is 8.42 Å². The number of aliphatic carboxylic acids is 1. The van der Waals surface area contributed by atoms with Crippen molar-refractivity contribution in [3.63, 3.8) is 0 Å².